The monoisotopic (exact) mass is 304 g/mol. The van der Waals surface area contributed by atoms with Gasteiger partial charge < -0.3 is 8.37 Å². The minimum Gasteiger partial charge on any atom is -0.388 e. The quantitative estimate of drug-likeness (QED) is 0.623. The van der Waals surface area contributed by atoms with E-state index in [4.69, 9.17) is 0 Å². The highest BCUT2D eigenvalue weighted by Crippen LogP contribution is 2.14. The molecule has 0 radical (unpaired) electrons. The van der Waals surface area contributed by atoms with Gasteiger partial charge in [-0.15, -0.1) is 0 Å². The summed E-state index contributed by atoms with van der Waals surface area (Å²) in [6.45, 7) is 0. The molecule has 0 aromatic heterocycles. The Bertz CT molecular complexity index is 560. The second-order valence-corrected chi connectivity index (χ2v) is 6.72. The molecule has 6 nitrogen and oxygen atoms in total. The first-order chi connectivity index (χ1) is 8.20. The maximum atomic E-state index is 12.0. The largest absolute Gasteiger partial charge is 0.388 e. The predicted molar refractivity (Wildman–Crippen MR) is 57.4 cm³/mol. The molecular weight excluding hydrogens is 294 g/mol. The fourth-order valence-corrected chi connectivity index (χ4v) is 2.56. The van der Waals surface area contributed by atoms with Crippen molar-refractivity contribution in [3.63, 3.8) is 0 Å². The molecule has 10 heteroatoms. The van der Waals surface area contributed by atoms with E-state index in [1.54, 1.807) is 0 Å². The summed E-state index contributed by atoms with van der Waals surface area (Å²) in [5, 5.41) is 0. The van der Waals surface area contributed by atoms with Crippen molar-refractivity contribution in [3.05, 3.63) is 24.2 Å². The maximum Gasteiger partial charge on any atom is 0.311 e. The van der Waals surface area contributed by atoms with Crippen LogP contribution in [-0.4, -0.2) is 28.3 Å². The van der Waals surface area contributed by atoms with Crippen molar-refractivity contribution < 1.29 is 34.0 Å². The molecule has 0 fully saturated rings. The van der Waals surface area contributed by atoms with E-state index in [0.29, 0.717) is 6.26 Å². The zero-order valence-electron chi connectivity index (χ0n) is 9.01. The first kappa shape index (κ1) is 14.9. The topological polar surface area (TPSA) is 86.7 Å². The molecule has 104 valence electrons. The molecule has 18 heavy (non-hydrogen) atoms. The molecule has 0 amide bonds. The second-order valence-electron chi connectivity index (χ2n) is 3.31. The second kappa shape index (κ2) is 5.65. The highest BCUT2D eigenvalue weighted by molar-refractivity contribution is 7.87. The van der Waals surface area contributed by atoms with E-state index in [2.05, 4.69) is 8.37 Å². The van der Waals surface area contributed by atoms with Gasteiger partial charge in [0.1, 0.15) is 12.1 Å². The van der Waals surface area contributed by atoms with Crippen molar-refractivity contribution >= 4 is 20.2 Å². The van der Waals surface area contributed by atoms with E-state index in [0.717, 1.165) is 6.08 Å². The lowest BCUT2D eigenvalue weighted by atomic mass is 10.4. The van der Waals surface area contributed by atoms with Crippen molar-refractivity contribution in [2.45, 2.75) is 12.8 Å². The predicted octanol–water partition coefficient (Wildman–Crippen LogP) is 1.09. The third-order valence-corrected chi connectivity index (χ3v) is 4.04. The molecule has 0 saturated heterocycles. The summed E-state index contributed by atoms with van der Waals surface area (Å²) in [6, 6.07) is -1.01. The summed E-state index contributed by atoms with van der Waals surface area (Å²) in [5.74, 6) is -0.903. The van der Waals surface area contributed by atoms with Crippen molar-refractivity contribution in [3.8, 4) is 0 Å². The lowest BCUT2D eigenvalue weighted by molar-refractivity contribution is 0.295. The van der Waals surface area contributed by atoms with Gasteiger partial charge in [0.25, 0.3) is 6.01 Å². The average Bonchev–Trinajstić information content (AvgIpc) is 2.22. The summed E-state index contributed by atoms with van der Waals surface area (Å²) >= 11 is 0. The molecule has 0 bridgehead atoms. The molecule has 0 atom stereocenters. The number of rotatable bonds is 0. The van der Waals surface area contributed by atoms with Gasteiger partial charge in [-0.1, -0.05) is 0 Å². The molecule has 0 spiro atoms. The molecule has 2 heterocycles. The van der Waals surface area contributed by atoms with E-state index in [1.165, 1.54) is 0 Å². The van der Waals surface area contributed by atoms with E-state index < -0.39 is 32.1 Å². The fraction of sp³-hybridized carbons (Fsp3) is 0.500. The van der Waals surface area contributed by atoms with Gasteiger partial charge >= 0.3 is 20.2 Å². The molecular formula is C8H10F2O6S2. The van der Waals surface area contributed by atoms with E-state index in [-0.39, 0.29) is 24.3 Å². The van der Waals surface area contributed by atoms with Crippen LogP contribution in [0.15, 0.2) is 24.2 Å². The minimum absolute atomic E-state index is 0.0671. The lowest BCUT2D eigenvalue weighted by Gasteiger charge is -2.06. The number of hydrogen-bond acceptors (Lipinski definition) is 6. The van der Waals surface area contributed by atoms with Crippen molar-refractivity contribution in [2.75, 3.05) is 11.5 Å². The Balaban J connectivity index is 0.000000180. The molecule has 0 aromatic carbocycles. The van der Waals surface area contributed by atoms with Crippen LogP contribution in [0.1, 0.15) is 12.8 Å². The van der Waals surface area contributed by atoms with Crippen LogP contribution in [0.5, 0.6) is 0 Å². The van der Waals surface area contributed by atoms with Crippen LogP contribution >= 0.6 is 0 Å². The molecule has 0 N–H and O–H groups in total. The third kappa shape index (κ3) is 5.45. The van der Waals surface area contributed by atoms with Crippen LogP contribution in [0.4, 0.5) is 8.78 Å². The Morgan fingerprint density at radius 1 is 1.06 bits per heavy atom. The van der Waals surface area contributed by atoms with E-state index in [9.17, 15) is 25.6 Å². The molecule has 2 rings (SSSR count). The van der Waals surface area contributed by atoms with E-state index in [1.807, 2.05) is 0 Å². The molecule has 0 saturated carbocycles. The molecule has 2 aliphatic heterocycles. The highest BCUT2D eigenvalue weighted by Gasteiger charge is 2.18. The van der Waals surface area contributed by atoms with Gasteiger partial charge in [-0.05, 0) is 12.5 Å². The van der Waals surface area contributed by atoms with Crippen LogP contribution in [-0.2, 0) is 28.6 Å². The molecule has 0 aromatic rings. The van der Waals surface area contributed by atoms with Gasteiger partial charge in [-0.25, -0.2) is 4.39 Å². The summed E-state index contributed by atoms with van der Waals surface area (Å²) in [4.78, 5) is 0. The van der Waals surface area contributed by atoms with Gasteiger partial charge in [0.2, 0.25) is 0 Å². The summed E-state index contributed by atoms with van der Waals surface area (Å²) in [7, 11) is -7.01. The molecule has 0 aliphatic carbocycles. The maximum absolute atomic E-state index is 12.0. The highest BCUT2D eigenvalue weighted by atomic mass is 32.2. The molecule has 0 unspecified atom stereocenters. The lowest BCUT2D eigenvalue weighted by Crippen LogP contribution is -2.12. The Labute approximate surface area is 103 Å². The molecule has 2 aliphatic rings. The van der Waals surface area contributed by atoms with Crippen LogP contribution in [0.3, 0.4) is 0 Å². The van der Waals surface area contributed by atoms with Crippen LogP contribution in [0.2, 0.25) is 0 Å². The zero-order chi connectivity index (χ0) is 13.8. The first-order valence-electron chi connectivity index (χ1n) is 4.73. The van der Waals surface area contributed by atoms with Crippen molar-refractivity contribution in [1.82, 2.24) is 0 Å². The number of allylic oxidation sites excluding steroid dienone is 2. The van der Waals surface area contributed by atoms with Gasteiger partial charge in [-0.3, -0.25) is 0 Å². The van der Waals surface area contributed by atoms with Gasteiger partial charge in [0.05, 0.1) is 11.5 Å². The number of hydrogen-bond donors (Lipinski definition) is 0. The third-order valence-electron chi connectivity index (χ3n) is 1.79. The Hall–Kier alpha value is -1.16. The van der Waals surface area contributed by atoms with Gasteiger partial charge in [0.15, 0.2) is 0 Å². The van der Waals surface area contributed by atoms with Crippen molar-refractivity contribution in [1.29, 1.82) is 0 Å². The standard InChI is InChI=1S/2C4H5FO3S/c5-4-1-2-9(6,7)8-3-4;5-4-2-1-3-9(6,7)8-4/h3H,1-2H2;2H,1,3H2. The van der Waals surface area contributed by atoms with E-state index >= 15 is 0 Å². The summed E-state index contributed by atoms with van der Waals surface area (Å²) < 4.78 is 73.2. The minimum atomic E-state index is -3.58. The summed E-state index contributed by atoms with van der Waals surface area (Å²) in [5.41, 5.74) is 0. The van der Waals surface area contributed by atoms with Crippen molar-refractivity contribution in [2.24, 2.45) is 0 Å². The SMILES string of the molecule is O=S1(=O)CCC(F)=CO1.O=S1(=O)CCC=C(F)O1. The smallest absolute Gasteiger partial charge is 0.311 e. The van der Waals surface area contributed by atoms with Crippen LogP contribution in [0.25, 0.3) is 0 Å². The van der Waals surface area contributed by atoms with Crippen LogP contribution in [0, 0.1) is 0 Å². The Morgan fingerprint density at radius 2 is 1.72 bits per heavy atom. The summed E-state index contributed by atoms with van der Waals surface area (Å²) in [6.07, 6.45) is 1.86. The van der Waals surface area contributed by atoms with Gasteiger partial charge in [-0.2, -0.15) is 21.2 Å². The van der Waals surface area contributed by atoms with Crippen LogP contribution < -0.4 is 0 Å². The zero-order valence-corrected chi connectivity index (χ0v) is 10.6. The normalized spacial score (nSPS) is 24.3. The average molecular weight is 304 g/mol. The first-order valence-corrected chi connectivity index (χ1v) is 7.89. The fourth-order valence-electron chi connectivity index (χ4n) is 0.969. The Morgan fingerprint density at radius 3 is 2.06 bits per heavy atom. The number of halogens is 2. The van der Waals surface area contributed by atoms with Gasteiger partial charge in [0, 0.05) is 6.42 Å². The Kier molecular flexibility index (Phi) is 4.68.